The number of Topliss-reactive ketones (excluding diaryl/α,β-unsaturated/α-hetero) is 1. The molecule has 9 heteroatoms. The molecule has 6 nitrogen and oxygen atoms in total. The van der Waals surface area contributed by atoms with Crippen LogP contribution in [-0.2, 0) is 16.0 Å². The molecule has 2 atom stereocenters. The maximum absolute atomic E-state index is 13.4. The molecule has 2 aliphatic heterocycles. The topological polar surface area (TPSA) is 79.7 Å². The van der Waals surface area contributed by atoms with Gasteiger partial charge in [-0.1, -0.05) is 46.7 Å². The van der Waals surface area contributed by atoms with Gasteiger partial charge in [0.1, 0.15) is 17.6 Å². The van der Waals surface area contributed by atoms with E-state index in [0.717, 1.165) is 16.0 Å². The fraction of sp³-hybridized carbons (Fsp3) is 0.148. The SMILES string of the molecule is C[C@H]1Cc2cc(/C(O)=C3\C(=O)C(=O)N(c4nc5ccc(Cl)cc5s4)[C@H]3c3cccc(Cl)c3)ccc2O1. The number of aliphatic hydroxyl groups is 1. The number of thiazole rings is 1. The summed E-state index contributed by atoms with van der Waals surface area (Å²) in [6.07, 6.45) is 0.721. The van der Waals surface area contributed by atoms with Crippen LogP contribution in [0.1, 0.15) is 29.7 Å². The molecular weight excluding hydrogens is 519 g/mol. The highest BCUT2D eigenvalue weighted by Gasteiger charge is 2.48. The summed E-state index contributed by atoms with van der Waals surface area (Å²) in [6.45, 7) is 1.97. The molecule has 1 aromatic heterocycles. The first-order valence-electron chi connectivity index (χ1n) is 11.2. The lowest BCUT2D eigenvalue weighted by atomic mass is 9.94. The Hall–Kier alpha value is -3.39. The summed E-state index contributed by atoms with van der Waals surface area (Å²) in [6, 6.07) is 16.5. The largest absolute Gasteiger partial charge is 0.507 e. The highest BCUT2D eigenvalue weighted by Crippen LogP contribution is 2.45. The summed E-state index contributed by atoms with van der Waals surface area (Å²) in [5.74, 6) is -1.07. The van der Waals surface area contributed by atoms with Gasteiger partial charge in [0, 0.05) is 22.0 Å². The monoisotopic (exact) mass is 536 g/mol. The van der Waals surface area contributed by atoms with Gasteiger partial charge in [-0.2, -0.15) is 0 Å². The molecule has 4 aromatic rings. The van der Waals surface area contributed by atoms with Gasteiger partial charge in [0.25, 0.3) is 5.78 Å². The molecule has 0 saturated carbocycles. The third-order valence-corrected chi connectivity index (χ3v) is 7.81. The average Bonchev–Trinajstić information content (AvgIpc) is 3.50. The number of carbonyl (C=O) groups is 2. The minimum Gasteiger partial charge on any atom is -0.507 e. The second-order valence-corrected chi connectivity index (χ2v) is 10.7. The molecule has 3 aromatic carbocycles. The zero-order chi connectivity index (χ0) is 25.1. The van der Waals surface area contributed by atoms with Gasteiger partial charge >= 0.3 is 5.91 Å². The average molecular weight is 537 g/mol. The number of hydrogen-bond donors (Lipinski definition) is 1. The zero-order valence-corrected chi connectivity index (χ0v) is 21.2. The van der Waals surface area contributed by atoms with Crippen LogP contribution in [-0.4, -0.2) is 27.9 Å². The van der Waals surface area contributed by atoms with Crippen molar-refractivity contribution < 1.29 is 19.4 Å². The number of fused-ring (bicyclic) bond motifs is 2. The summed E-state index contributed by atoms with van der Waals surface area (Å²) in [5, 5.41) is 12.7. The number of aliphatic hydroxyl groups excluding tert-OH is 1. The Morgan fingerprint density at radius 1 is 1.08 bits per heavy atom. The molecule has 6 rings (SSSR count). The first-order chi connectivity index (χ1) is 17.3. The smallest absolute Gasteiger partial charge is 0.301 e. The summed E-state index contributed by atoms with van der Waals surface area (Å²) in [7, 11) is 0. The Bertz CT molecular complexity index is 1610. The number of benzene rings is 3. The van der Waals surface area contributed by atoms with E-state index in [-0.39, 0.29) is 17.4 Å². The predicted octanol–water partition coefficient (Wildman–Crippen LogP) is 6.55. The van der Waals surface area contributed by atoms with Gasteiger partial charge in [0.15, 0.2) is 5.13 Å². The van der Waals surface area contributed by atoms with Gasteiger partial charge in [-0.25, -0.2) is 4.98 Å². The summed E-state index contributed by atoms with van der Waals surface area (Å²) in [4.78, 5) is 32.8. The molecule has 1 N–H and O–H groups in total. The lowest BCUT2D eigenvalue weighted by molar-refractivity contribution is -0.132. The van der Waals surface area contributed by atoms with E-state index in [1.807, 2.05) is 6.92 Å². The van der Waals surface area contributed by atoms with E-state index in [2.05, 4.69) is 4.98 Å². The number of carbonyl (C=O) groups excluding carboxylic acids is 2. The van der Waals surface area contributed by atoms with Crippen LogP contribution in [0.4, 0.5) is 5.13 Å². The molecule has 0 spiro atoms. The minimum absolute atomic E-state index is 0.0218. The van der Waals surface area contributed by atoms with Gasteiger partial charge in [0.05, 0.1) is 21.8 Å². The number of rotatable bonds is 3. The van der Waals surface area contributed by atoms with Crippen molar-refractivity contribution in [3.05, 3.63) is 93.0 Å². The fourth-order valence-corrected chi connectivity index (χ4v) is 6.20. The number of halogens is 2. The molecule has 0 bridgehead atoms. The van der Waals surface area contributed by atoms with Crippen LogP contribution in [0, 0.1) is 0 Å². The Morgan fingerprint density at radius 3 is 2.69 bits per heavy atom. The molecule has 1 saturated heterocycles. The van der Waals surface area contributed by atoms with Crippen LogP contribution in [0.5, 0.6) is 5.75 Å². The summed E-state index contributed by atoms with van der Waals surface area (Å²) < 4.78 is 6.54. The number of nitrogens with zero attached hydrogens (tertiary/aromatic N) is 2. The van der Waals surface area contributed by atoms with Crippen molar-refractivity contribution in [1.29, 1.82) is 0 Å². The highest BCUT2D eigenvalue weighted by molar-refractivity contribution is 7.22. The Morgan fingerprint density at radius 2 is 1.89 bits per heavy atom. The van der Waals surface area contributed by atoms with E-state index < -0.39 is 17.7 Å². The lowest BCUT2D eigenvalue weighted by Gasteiger charge is -2.23. The zero-order valence-electron chi connectivity index (χ0n) is 18.9. The normalized spacial score (nSPS) is 20.7. The number of aromatic nitrogens is 1. The van der Waals surface area contributed by atoms with Gasteiger partial charge < -0.3 is 9.84 Å². The van der Waals surface area contributed by atoms with Crippen molar-refractivity contribution in [2.45, 2.75) is 25.5 Å². The molecule has 0 aliphatic carbocycles. The third kappa shape index (κ3) is 3.75. The molecule has 3 heterocycles. The highest BCUT2D eigenvalue weighted by atomic mass is 35.5. The first kappa shape index (κ1) is 23.0. The van der Waals surface area contributed by atoms with Crippen molar-refractivity contribution in [1.82, 2.24) is 4.98 Å². The standard InChI is InChI=1S/C27H18Cl2N2O4S/c1-13-9-16-10-15(5-8-20(16)35-13)24(32)22-23(14-3-2-4-17(28)11-14)31(26(34)25(22)33)27-30-19-7-6-18(29)12-21(19)36-27/h2-8,10-13,23,32H,9H2,1H3/b24-22+/t13-,23-/m0/s1. The van der Waals surface area contributed by atoms with Gasteiger partial charge in [0.2, 0.25) is 0 Å². The van der Waals surface area contributed by atoms with Crippen LogP contribution in [0.3, 0.4) is 0 Å². The van der Waals surface area contributed by atoms with Gasteiger partial charge in [-0.05, 0) is 66.6 Å². The number of ether oxygens (including phenoxy) is 1. The molecule has 36 heavy (non-hydrogen) atoms. The van der Waals surface area contributed by atoms with Crippen molar-refractivity contribution in [2.75, 3.05) is 4.90 Å². The van der Waals surface area contributed by atoms with E-state index in [4.69, 9.17) is 27.9 Å². The van der Waals surface area contributed by atoms with Crippen LogP contribution in [0.2, 0.25) is 10.0 Å². The third-order valence-electron chi connectivity index (χ3n) is 6.32. The van der Waals surface area contributed by atoms with Gasteiger partial charge in [-0.15, -0.1) is 0 Å². The maximum Gasteiger partial charge on any atom is 0.301 e. The number of ketones is 1. The molecule has 0 unspecified atom stereocenters. The van der Waals surface area contributed by atoms with Gasteiger partial charge in [-0.3, -0.25) is 14.5 Å². The van der Waals surface area contributed by atoms with Crippen LogP contribution in [0.15, 0.2) is 66.2 Å². The number of anilines is 1. The Labute approximate surface area is 220 Å². The second kappa shape index (κ2) is 8.62. The molecule has 180 valence electrons. The second-order valence-electron chi connectivity index (χ2n) is 8.79. The van der Waals surface area contributed by atoms with Crippen LogP contribution in [0.25, 0.3) is 16.0 Å². The van der Waals surface area contributed by atoms with Crippen molar-refractivity contribution in [3.63, 3.8) is 0 Å². The maximum atomic E-state index is 13.4. The molecule has 0 radical (unpaired) electrons. The van der Waals surface area contributed by atoms with E-state index in [9.17, 15) is 14.7 Å². The molecule has 1 fully saturated rings. The van der Waals surface area contributed by atoms with E-state index in [1.165, 1.54) is 16.2 Å². The van der Waals surface area contributed by atoms with E-state index in [0.29, 0.717) is 38.2 Å². The number of hydrogen-bond acceptors (Lipinski definition) is 6. The predicted molar refractivity (Wildman–Crippen MR) is 141 cm³/mol. The fourth-order valence-electron chi connectivity index (χ4n) is 4.74. The van der Waals surface area contributed by atoms with Crippen molar-refractivity contribution >= 4 is 67.3 Å². The van der Waals surface area contributed by atoms with E-state index >= 15 is 0 Å². The summed E-state index contributed by atoms with van der Waals surface area (Å²) >= 11 is 13.7. The minimum atomic E-state index is -0.914. The van der Waals surface area contributed by atoms with Crippen LogP contribution >= 0.6 is 34.5 Å². The van der Waals surface area contributed by atoms with Crippen molar-refractivity contribution in [3.8, 4) is 5.75 Å². The van der Waals surface area contributed by atoms with Crippen LogP contribution < -0.4 is 9.64 Å². The lowest BCUT2D eigenvalue weighted by Crippen LogP contribution is -2.29. The van der Waals surface area contributed by atoms with E-state index in [1.54, 1.807) is 60.7 Å². The molecule has 1 amide bonds. The quantitative estimate of drug-likeness (QED) is 0.182. The van der Waals surface area contributed by atoms with Crippen molar-refractivity contribution in [2.24, 2.45) is 0 Å². The Balaban J connectivity index is 1.54. The molecule has 2 aliphatic rings. The molecular formula is C27H18Cl2N2O4S. The number of amides is 1. The first-order valence-corrected chi connectivity index (χ1v) is 12.8. The Kier molecular flexibility index (Phi) is 5.52. The summed E-state index contributed by atoms with van der Waals surface area (Å²) in [5.41, 5.74) is 2.58.